The Hall–Kier alpha value is -3.02. The molecule has 0 spiro atoms. The van der Waals surface area contributed by atoms with Gasteiger partial charge in [-0.1, -0.05) is 17.7 Å². The first-order valence-electron chi connectivity index (χ1n) is 8.36. The van der Waals surface area contributed by atoms with Crippen LogP contribution in [0.5, 0.6) is 17.2 Å². The highest BCUT2D eigenvalue weighted by Gasteiger charge is 2.06. The fraction of sp³-hybridized carbons (Fsp3) is 0.300. The lowest BCUT2D eigenvalue weighted by Crippen LogP contribution is -2.24. The maximum Gasteiger partial charge on any atom is 0.277 e. The van der Waals surface area contributed by atoms with Crippen LogP contribution in [-0.4, -0.2) is 32.4 Å². The number of nitrogens with one attached hydrogen (secondary N) is 1. The summed E-state index contributed by atoms with van der Waals surface area (Å²) in [5.74, 6) is 1.63. The van der Waals surface area contributed by atoms with Gasteiger partial charge in [-0.15, -0.1) is 0 Å². The first-order chi connectivity index (χ1) is 12.5. The molecule has 2 aromatic carbocycles. The topological polar surface area (TPSA) is 69.2 Å². The van der Waals surface area contributed by atoms with Crippen LogP contribution in [0.4, 0.5) is 0 Å². The van der Waals surface area contributed by atoms with Crippen molar-refractivity contribution >= 4 is 12.1 Å². The number of amides is 1. The number of aryl methyl sites for hydroxylation is 2. The maximum atomic E-state index is 11.9. The molecular formula is C20H24N2O4. The Kier molecular flexibility index (Phi) is 7.02. The number of hydrogen-bond donors (Lipinski definition) is 1. The summed E-state index contributed by atoms with van der Waals surface area (Å²) in [4.78, 5) is 11.9. The predicted octanol–water partition coefficient (Wildman–Crippen LogP) is 3.24. The molecule has 6 heteroatoms. The number of nitrogens with zero attached hydrogens (tertiary/aromatic N) is 1. The van der Waals surface area contributed by atoms with Crippen LogP contribution in [0.2, 0.25) is 0 Å². The average Bonchev–Trinajstić information content (AvgIpc) is 2.61. The minimum atomic E-state index is -0.334. The van der Waals surface area contributed by atoms with Gasteiger partial charge < -0.3 is 14.2 Å². The van der Waals surface area contributed by atoms with Gasteiger partial charge in [-0.2, -0.15) is 5.10 Å². The second-order valence-electron chi connectivity index (χ2n) is 5.69. The Bertz CT molecular complexity index is 787. The van der Waals surface area contributed by atoms with E-state index in [0.29, 0.717) is 23.9 Å². The highest BCUT2D eigenvalue weighted by Crippen LogP contribution is 2.27. The molecule has 0 saturated heterocycles. The van der Waals surface area contributed by atoms with E-state index in [4.69, 9.17) is 14.2 Å². The third-order valence-corrected chi connectivity index (χ3v) is 3.58. The van der Waals surface area contributed by atoms with Crippen LogP contribution >= 0.6 is 0 Å². The molecule has 0 bridgehead atoms. The molecule has 0 aromatic heterocycles. The Morgan fingerprint density at radius 1 is 1.08 bits per heavy atom. The Labute approximate surface area is 153 Å². The summed E-state index contributed by atoms with van der Waals surface area (Å²) >= 11 is 0. The molecule has 1 amide bonds. The van der Waals surface area contributed by atoms with E-state index in [1.54, 1.807) is 19.2 Å². The number of hydrogen-bond acceptors (Lipinski definition) is 5. The van der Waals surface area contributed by atoms with Crippen molar-refractivity contribution in [2.75, 3.05) is 20.3 Å². The van der Waals surface area contributed by atoms with Crippen LogP contribution in [0, 0.1) is 13.8 Å². The standard InChI is InChI=1S/C20H24N2O4/c1-5-25-19-11-16(7-9-18(19)24-4)12-21-22-20(23)13-26-17-8-6-14(2)10-15(17)3/h6-12H,5,13H2,1-4H3,(H,22,23). The lowest BCUT2D eigenvalue weighted by molar-refractivity contribution is -0.123. The first kappa shape index (κ1) is 19.3. The van der Waals surface area contributed by atoms with Gasteiger partial charge in [0.15, 0.2) is 18.1 Å². The third kappa shape index (κ3) is 5.51. The number of rotatable bonds is 8. The monoisotopic (exact) mass is 356 g/mol. The Morgan fingerprint density at radius 3 is 2.54 bits per heavy atom. The molecule has 1 N–H and O–H groups in total. The molecule has 0 fully saturated rings. The van der Waals surface area contributed by atoms with Gasteiger partial charge >= 0.3 is 0 Å². The summed E-state index contributed by atoms with van der Waals surface area (Å²) in [5.41, 5.74) is 5.36. The van der Waals surface area contributed by atoms with Gasteiger partial charge in [0.25, 0.3) is 5.91 Å². The van der Waals surface area contributed by atoms with Crippen LogP contribution in [0.1, 0.15) is 23.6 Å². The summed E-state index contributed by atoms with van der Waals surface area (Å²) in [6.45, 7) is 6.28. The summed E-state index contributed by atoms with van der Waals surface area (Å²) in [5, 5.41) is 3.95. The molecule has 138 valence electrons. The van der Waals surface area contributed by atoms with Crippen molar-refractivity contribution in [1.29, 1.82) is 0 Å². The van der Waals surface area contributed by atoms with Gasteiger partial charge in [-0.3, -0.25) is 4.79 Å². The quantitative estimate of drug-likeness (QED) is 0.582. The second kappa shape index (κ2) is 9.46. The van der Waals surface area contributed by atoms with E-state index in [1.165, 1.54) is 6.21 Å². The number of benzene rings is 2. The summed E-state index contributed by atoms with van der Waals surface area (Å²) in [6.07, 6.45) is 1.54. The average molecular weight is 356 g/mol. The van der Waals surface area contributed by atoms with Crippen molar-refractivity contribution in [3.8, 4) is 17.2 Å². The fourth-order valence-electron chi connectivity index (χ4n) is 2.36. The van der Waals surface area contributed by atoms with Crippen molar-refractivity contribution in [2.24, 2.45) is 5.10 Å². The Morgan fingerprint density at radius 2 is 1.85 bits per heavy atom. The molecule has 0 unspecified atom stereocenters. The van der Waals surface area contributed by atoms with Gasteiger partial charge in [0.1, 0.15) is 5.75 Å². The van der Waals surface area contributed by atoms with E-state index < -0.39 is 0 Å². The van der Waals surface area contributed by atoms with E-state index in [-0.39, 0.29) is 12.5 Å². The number of ether oxygens (including phenoxy) is 3. The van der Waals surface area contributed by atoms with E-state index in [9.17, 15) is 4.79 Å². The van der Waals surface area contributed by atoms with E-state index >= 15 is 0 Å². The van der Waals surface area contributed by atoms with Crippen LogP contribution in [0.15, 0.2) is 41.5 Å². The van der Waals surface area contributed by atoms with Crippen molar-refractivity contribution in [3.05, 3.63) is 53.1 Å². The van der Waals surface area contributed by atoms with Crippen molar-refractivity contribution in [2.45, 2.75) is 20.8 Å². The molecule has 0 heterocycles. The third-order valence-electron chi connectivity index (χ3n) is 3.58. The molecule has 0 saturated carbocycles. The van der Waals surface area contributed by atoms with Gasteiger partial charge in [0.05, 0.1) is 19.9 Å². The molecule has 0 aliphatic heterocycles. The Balaban J connectivity index is 1.89. The van der Waals surface area contributed by atoms with Gasteiger partial charge in [0, 0.05) is 0 Å². The lowest BCUT2D eigenvalue weighted by atomic mass is 10.1. The summed E-state index contributed by atoms with van der Waals surface area (Å²) < 4.78 is 16.3. The zero-order chi connectivity index (χ0) is 18.9. The summed E-state index contributed by atoms with van der Waals surface area (Å²) in [6, 6.07) is 11.2. The molecule has 26 heavy (non-hydrogen) atoms. The number of methoxy groups -OCH3 is 1. The largest absolute Gasteiger partial charge is 0.493 e. The molecule has 2 aromatic rings. The van der Waals surface area contributed by atoms with Crippen LogP contribution in [0.3, 0.4) is 0 Å². The fourth-order valence-corrected chi connectivity index (χ4v) is 2.36. The van der Waals surface area contributed by atoms with Gasteiger partial charge in [-0.25, -0.2) is 5.43 Å². The molecule has 2 rings (SSSR count). The molecule has 0 radical (unpaired) electrons. The predicted molar refractivity (Wildman–Crippen MR) is 101 cm³/mol. The molecule has 0 aliphatic carbocycles. The minimum absolute atomic E-state index is 0.103. The van der Waals surface area contributed by atoms with Crippen molar-refractivity contribution < 1.29 is 19.0 Å². The summed E-state index contributed by atoms with van der Waals surface area (Å²) in [7, 11) is 1.58. The zero-order valence-corrected chi connectivity index (χ0v) is 15.5. The van der Waals surface area contributed by atoms with Gasteiger partial charge in [-0.05, 0) is 56.2 Å². The molecule has 0 aliphatic rings. The van der Waals surface area contributed by atoms with E-state index in [2.05, 4.69) is 10.5 Å². The number of carbonyl (C=O) groups excluding carboxylic acids is 1. The molecular weight excluding hydrogens is 332 g/mol. The maximum absolute atomic E-state index is 11.9. The highest BCUT2D eigenvalue weighted by molar-refractivity contribution is 5.83. The van der Waals surface area contributed by atoms with Crippen molar-refractivity contribution in [1.82, 2.24) is 5.43 Å². The van der Waals surface area contributed by atoms with Crippen LogP contribution in [0.25, 0.3) is 0 Å². The van der Waals surface area contributed by atoms with Crippen LogP contribution < -0.4 is 19.6 Å². The van der Waals surface area contributed by atoms with E-state index in [0.717, 1.165) is 16.7 Å². The second-order valence-corrected chi connectivity index (χ2v) is 5.69. The first-order valence-corrected chi connectivity index (χ1v) is 8.36. The van der Waals surface area contributed by atoms with Crippen molar-refractivity contribution in [3.63, 3.8) is 0 Å². The molecule has 6 nitrogen and oxygen atoms in total. The van der Waals surface area contributed by atoms with Gasteiger partial charge in [0.2, 0.25) is 0 Å². The minimum Gasteiger partial charge on any atom is -0.493 e. The number of hydrazone groups is 1. The SMILES string of the molecule is CCOc1cc(C=NNC(=O)COc2ccc(C)cc2C)ccc1OC. The lowest BCUT2D eigenvalue weighted by Gasteiger charge is -2.09. The smallest absolute Gasteiger partial charge is 0.277 e. The zero-order valence-electron chi connectivity index (χ0n) is 15.5. The molecule has 0 atom stereocenters. The number of carbonyl (C=O) groups is 1. The van der Waals surface area contributed by atoms with Crippen LogP contribution in [-0.2, 0) is 4.79 Å². The van der Waals surface area contributed by atoms with E-state index in [1.807, 2.05) is 45.0 Å². The highest BCUT2D eigenvalue weighted by atomic mass is 16.5. The normalized spacial score (nSPS) is 10.6.